The predicted molar refractivity (Wildman–Crippen MR) is 172 cm³/mol. The summed E-state index contributed by atoms with van der Waals surface area (Å²) in [6, 6.07) is 54.2. The van der Waals surface area contributed by atoms with E-state index < -0.39 is 0 Å². The van der Waals surface area contributed by atoms with Crippen molar-refractivity contribution in [1.82, 2.24) is 4.98 Å². The topological polar surface area (TPSA) is 16.1 Å². The molecule has 0 unspecified atom stereocenters. The zero-order chi connectivity index (χ0) is 27.2. The van der Waals surface area contributed by atoms with Crippen molar-refractivity contribution in [3.63, 3.8) is 0 Å². The van der Waals surface area contributed by atoms with Crippen LogP contribution in [0.5, 0.6) is 0 Å². The summed E-state index contributed by atoms with van der Waals surface area (Å²) in [4.78, 5) is 7.26. The van der Waals surface area contributed by atoms with E-state index in [0.717, 1.165) is 22.8 Å². The number of benzene rings is 6. The summed E-state index contributed by atoms with van der Waals surface area (Å²) < 4.78 is 0. The molecule has 0 amide bonds. The van der Waals surface area contributed by atoms with E-state index in [1.165, 1.54) is 49.7 Å². The van der Waals surface area contributed by atoms with Crippen LogP contribution in [0.4, 0.5) is 17.2 Å². The lowest BCUT2D eigenvalue weighted by Crippen LogP contribution is -2.16. The third-order valence-electron chi connectivity index (χ3n) is 8.00. The van der Waals surface area contributed by atoms with Gasteiger partial charge < -0.3 is 0 Å². The second-order valence-corrected chi connectivity index (χ2v) is 10.5. The fourth-order valence-corrected chi connectivity index (χ4v) is 6.10. The Bertz CT molecular complexity index is 2040. The molecule has 0 N–H and O–H groups in total. The zero-order valence-electron chi connectivity index (χ0n) is 22.4. The molecule has 2 heterocycles. The molecular formula is C39H26N2. The molecule has 6 aromatic carbocycles. The number of fused-ring (bicyclic) bond motifs is 2. The summed E-state index contributed by atoms with van der Waals surface area (Å²) in [5.41, 5.74) is 11.9. The first-order chi connectivity index (χ1) is 20.3. The fourth-order valence-electron chi connectivity index (χ4n) is 6.10. The van der Waals surface area contributed by atoms with E-state index in [2.05, 4.69) is 150 Å². The molecule has 2 heteroatoms. The molecular weight excluding hydrogens is 496 g/mol. The first-order valence-electron chi connectivity index (χ1n) is 14.0. The van der Waals surface area contributed by atoms with Gasteiger partial charge in [-0.1, -0.05) is 103 Å². The second kappa shape index (κ2) is 9.62. The van der Waals surface area contributed by atoms with Crippen LogP contribution in [0.1, 0.15) is 0 Å². The van der Waals surface area contributed by atoms with Crippen LogP contribution in [-0.2, 0) is 0 Å². The number of pyridine rings is 1. The van der Waals surface area contributed by atoms with E-state index in [1.807, 2.05) is 12.3 Å². The summed E-state index contributed by atoms with van der Waals surface area (Å²) in [5.74, 6) is 0.952. The molecule has 0 saturated heterocycles. The molecule has 0 fully saturated rings. The Kier molecular flexibility index (Phi) is 5.49. The van der Waals surface area contributed by atoms with Gasteiger partial charge in [0, 0.05) is 22.8 Å². The van der Waals surface area contributed by atoms with E-state index in [0.29, 0.717) is 0 Å². The fraction of sp³-hybridized carbons (Fsp3) is 0. The third-order valence-corrected chi connectivity index (χ3v) is 8.00. The van der Waals surface area contributed by atoms with Crippen LogP contribution in [0.3, 0.4) is 0 Å². The lowest BCUT2D eigenvalue weighted by atomic mass is 9.89. The van der Waals surface area contributed by atoms with Crippen molar-refractivity contribution in [3.05, 3.63) is 158 Å². The maximum Gasteiger partial charge on any atom is 0.145 e. The number of nitrogens with zero attached hydrogens (tertiary/aromatic N) is 2. The van der Waals surface area contributed by atoms with Crippen LogP contribution in [-0.4, -0.2) is 4.98 Å². The average Bonchev–Trinajstić information content (AvgIpc) is 3.06. The Morgan fingerprint density at radius 3 is 1.83 bits per heavy atom. The van der Waals surface area contributed by atoms with Gasteiger partial charge >= 0.3 is 0 Å². The van der Waals surface area contributed by atoms with Gasteiger partial charge in [0.15, 0.2) is 0 Å². The molecule has 192 valence electrons. The zero-order valence-corrected chi connectivity index (χ0v) is 22.4. The molecule has 41 heavy (non-hydrogen) atoms. The largest absolute Gasteiger partial charge is 0.294 e. The summed E-state index contributed by atoms with van der Waals surface area (Å²) >= 11 is 0. The molecule has 1 aliphatic heterocycles. The average molecular weight is 523 g/mol. The lowest BCUT2D eigenvalue weighted by molar-refractivity contribution is 1.18. The Hall–Kier alpha value is -5.47. The highest BCUT2D eigenvalue weighted by Gasteiger charge is 2.27. The summed E-state index contributed by atoms with van der Waals surface area (Å²) in [6.45, 7) is 0. The van der Waals surface area contributed by atoms with E-state index in [9.17, 15) is 0 Å². The molecule has 8 rings (SSSR count). The van der Waals surface area contributed by atoms with Gasteiger partial charge in [0.25, 0.3) is 0 Å². The van der Waals surface area contributed by atoms with Gasteiger partial charge in [-0.15, -0.1) is 0 Å². The Labute approximate surface area is 239 Å². The molecule has 0 aliphatic carbocycles. The minimum absolute atomic E-state index is 0.952. The van der Waals surface area contributed by atoms with Crippen LogP contribution in [0, 0.1) is 0 Å². The number of anilines is 3. The van der Waals surface area contributed by atoms with Crippen molar-refractivity contribution >= 4 is 28.0 Å². The molecule has 1 aromatic heterocycles. The van der Waals surface area contributed by atoms with Crippen LogP contribution >= 0.6 is 0 Å². The summed E-state index contributed by atoms with van der Waals surface area (Å²) in [5, 5.41) is 2.48. The quantitative estimate of drug-likeness (QED) is 0.228. The second-order valence-electron chi connectivity index (χ2n) is 10.5. The normalized spacial score (nSPS) is 11.9. The number of hydrogen-bond acceptors (Lipinski definition) is 2. The van der Waals surface area contributed by atoms with Crippen LogP contribution in [0.15, 0.2) is 158 Å². The number of rotatable bonds is 4. The Morgan fingerprint density at radius 2 is 1.05 bits per heavy atom. The molecule has 0 saturated carbocycles. The van der Waals surface area contributed by atoms with Crippen molar-refractivity contribution in [2.24, 2.45) is 0 Å². The van der Waals surface area contributed by atoms with Crippen molar-refractivity contribution < 1.29 is 0 Å². The lowest BCUT2D eigenvalue weighted by Gasteiger charge is -2.32. The first-order valence-corrected chi connectivity index (χ1v) is 14.0. The maximum absolute atomic E-state index is 4.95. The smallest absolute Gasteiger partial charge is 0.145 e. The molecule has 2 nitrogen and oxygen atoms in total. The maximum atomic E-state index is 4.95. The van der Waals surface area contributed by atoms with Crippen molar-refractivity contribution in [3.8, 4) is 44.5 Å². The standard InChI is InChI=1S/C39H26N2/c1-3-11-27(12-4-1)29-15-7-16-30(23-29)31-17-8-19-34(25-31)41-37-21-9-18-32-24-33(28-13-5-2-6-14-28)26-36(38(32)37)35-20-10-22-40-39(35)41/h1-26H. The monoisotopic (exact) mass is 522 g/mol. The van der Waals surface area contributed by atoms with Gasteiger partial charge in [-0.25, -0.2) is 4.98 Å². The van der Waals surface area contributed by atoms with Gasteiger partial charge in [-0.3, -0.25) is 4.90 Å². The van der Waals surface area contributed by atoms with Gasteiger partial charge in [0.2, 0.25) is 0 Å². The van der Waals surface area contributed by atoms with Gasteiger partial charge in [0.05, 0.1) is 5.69 Å². The SMILES string of the molecule is c1ccc(-c2cccc(-c3cccc(N4c5ncccc5-c5cc(-c6ccccc6)cc6cccc4c56)c3)c2)cc1. The predicted octanol–water partition coefficient (Wildman–Crippen LogP) is 10.7. The van der Waals surface area contributed by atoms with E-state index in [4.69, 9.17) is 4.98 Å². The minimum Gasteiger partial charge on any atom is -0.294 e. The van der Waals surface area contributed by atoms with E-state index >= 15 is 0 Å². The van der Waals surface area contributed by atoms with Gasteiger partial charge in [0.1, 0.15) is 5.82 Å². The Morgan fingerprint density at radius 1 is 0.415 bits per heavy atom. The van der Waals surface area contributed by atoms with E-state index in [1.54, 1.807) is 0 Å². The van der Waals surface area contributed by atoms with E-state index in [-0.39, 0.29) is 0 Å². The van der Waals surface area contributed by atoms with Crippen molar-refractivity contribution in [2.75, 3.05) is 4.90 Å². The first kappa shape index (κ1) is 23.4. The molecule has 0 radical (unpaired) electrons. The third kappa shape index (κ3) is 4.00. The minimum atomic E-state index is 0.952. The molecule has 7 aromatic rings. The summed E-state index contributed by atoms with van der Waals surface area (Å²) in [6.07, 6.45) is 1.89. The number of hydrogen-bond donors (Lipinski definition) is 0. The highest BCUT2D eigenvalue weighted by Crippen LogP contribution is 2.51. The van der Waals surface area contributed by atoms with Gasteiger partial charge in [-0.2, -0.15) is 0 Å². The Balaban J connectivity index is 1.30. The van der Waals surface area contributed by atoms with Crippen LogP contribution < -0.4 is 4.90 Å². The van der Waals surface area contributed by atoms with Crippen molar-refractivity contribution in [2.45, 2.75) is 0 Å². The van der Waals surface area contributed by atoms with Crippen LogP contribution in [0.2, 0.25) is 0 Å². The number of aromatic nitrogens is 1. The molecule has 0 atom stereocenters. The highest BCUT2D eigenvalue weighted by molar-refractivity contribution is 6.14. The molecule has 0 bridgehead atoms. The molecule has 0 spiro atoms. The summed E-state index contributed by atoms with van der Waals surface area (Å²) in [7, 11) is 0. The van der Waals surface area contributed by atoms with Crippen molar-refractivity contribution in [1.29, 1.82) is 0 Å². The van der Waals surface area contributed by atoms with Gasteiger partial charge in [-0.05, 0) is 92.9 Å². The highest BCUT2D eigenvalue weighted by atomic mass is 15.2. The van der Waals surface area contributed by atoms with Crippen LogP contribution in [0.25, 0.3) is 55.3 Å². The molecule has 1 aliphatic rings.